The molecule has 1 aliphatic heterocycles. The first-order valence-electron chi connectivity index (χ1n) is 12.8. The van der Waals surface area contributed by atoms with Crippen molar-refractivity contribution in [2.24, 2.45) is 0 Å². The zero-order valence-electron chi connectivity index (χ0n) is 21.6. The van der Waals surface area contributed by atoms with Crippen LogP contribution in [0.2, 0.25) is 0 Å². The molecule has 5 rings (SSSR count). The van der Waals surface area contributed by atoms with Crippen LogP contribution >= 0.6 is 0 Å². The van der Waals surface area contributed by atoms with Crippen LogP contribution in [0, 0.1) is 0 Å². The molecule has 202 valence electrons. The van der Waals surface area contributed by atoms with E-state index >= 15 is 0 Å². The van der Waals surface area contributed by atoms with E-state index in [0.29, 0.717) is 29.7 Å². The number of Topliss-reactive ketones (excluding diaryl/α,β-unsaturated/α-hetero) is 1. The zero-order chi connectivity index (χ0) is 26.6. The van der Waals surface area contributed by atoms with Crippen LogP contribution in [0.4, 0.5) is 0 Å². The molecular formula is C30H36N2O6. The second-order valence-electron chi connectivity index (χ2n) is 9.52. The minimum Gasteiger partial charge on any atom is -0.496 e. The summed E-state index contributed by atoms with van der Waals surface area (Å²) in [4.78, 5) is 30.6. The van der Waals surface area contributed by atoms with E-state index in [2.05, 4.69) is 10.3 Å². The van der Waals surface area contributed by atoms with Crippen LogP contribution in [-0.4, -0.2) is 55.4 Å². The molecule has 0 saturated heterocycles. The molecule has 1 aromatic heterocycles. The predicted molar refractivity (Wildman–Crippen MR) is 147 cm³/mol. The Kier molecular flexibility index (Phi) is 7.62. The number of H-pyrrole nitrogens is 1. The van der Waals surface area contributed by atoms with Crippen molar-refractivity contribution in [2.75, 3.05) is 33.5 Å². The summed E-state index contributed by atoms with van der Waals surface area (Å²) in [5.74, 6) is -0.345. The Morgan fingerprint density at radius 3 is 2.68 bits per heavy atom. The highest BCUT2D eigenvalue weighted by molar-refractivity contribution is 6.05. The molecule has 2 aliphatic rings. The predicted octanol–water partition coefficient (Wildman–Crippen LogP) is 4.58. The maximum Gasteiger partial charge on any atom is 0.336 e. The number of aromatic nitrogens is 1. The number of carbonyl (C=O) groups is 2. The fourth-order valence-corrected chi connectivity index (χ4v) is 5.64. The number of rotatable bonds is 9. The van der Waals surface area contributed by atoms with Crippen LogP contribution in [0.15, 0.2) is 77.3 Å². The van der Waals surface area contributed by atoms with Gasteiger partial charge in [0.1, 0.15) is 12.4 Å². The molecule has 2 atom stereocenters. The second-order valence-corrected chi connectivity index (χ2v) is 9.52. The van der Waals surface area contributed by atoms with Gasteiger partial charge in [-0.15, -0.1) is 0 Å². The molecule has 0 fully saturated rings. The summed E-state index contributed by atoms with van der Waals surface area (Å²) in [5.41, 5.74) is 5.33. The van der Waals surface area contributed by atoms with Crippen molar-refractivity contribution in [3.05, 3.63) is 88.4 Å². The highest BCUT2D eigenvalue weighted by Crippen LogP contribution is 2.48. The topological polar surface area (TPSA) is 110 Å². The van der Waals surface area contributed by atoms with Crippen LogP contribution < -0.4 is 10.1 Å². The zero-order valence-corrected chi connectivity index (χ0v) is 21.6. The normalized spacial score (nSPS) is 19.4. The average molecular weight is 521 g/mol. The van der Waals surface area contributed by atoms with E-state index in [-0.39, 0.29) is 41.0 Å². The standard InChI is InChI=1S/C30H32N2O6.2H2/c1-18-27(30(35)38-15-14-37-13-12-33)28(22-7-5-8-23-21(22)10-11-31-23)29-24(32-18)16-19(17-25(29)34)20-6-3-4-9-26(20)36-2;;/h3-11,19,28,31-33H,12-17H2,1-2H3;2*1H/t19-,28?;;/m1../s1. The average Bonchev–Trinajstić information content (AvgIpc) is 3.41. The molecule has 0 amide bonds. The van der Waals surface area contributed by atoms with Crippen molar-refractivity contribution >= 4 is 22.7 Å². The van der Waals surface area contributed by atoms with Gasteiger partial charge in [-0.05, 0) is 42.7 Å². The largest absolute Gasteiger partial charge is 0.496 e. The lowest BCUT2D eigenvalue weighted by Crippen LogP contribution is -2.36. The third kappa shape index (κ3) is 4.85. The third-order valence-corrected chi connectivity index (χ3v) is 7.26. The first kappa shape index (κ1) is 25.8. The lowest BCUT2D eigenvalue weighted by molar-refractivity contribution is -0.141. The van der Waals surface area contributed by atoms with Crippen LogP contribution in [0.25, 0.3) is 10.9 Å². The number of aliphatic hydroxyl groups is 1. The molecular weight excluding hydrogens is 484 g/mol. The van der Waals surface area contributed by atoms with Crippen LogP contribution in [-0.2, 0) is 19.1 Å². The number of fused-ring (bicyclic) bond motifs is 1. The van der Waals surface area contributed by atoms with E-state index in [1.807, 2.05) is 61.7 Å². The Morgan fingerprint density at radius 2 is 1.87 bits per heavy atom. The molecule has 3 N–H and O–H groups in total. The van der Waals surface area contributed by atoms with Crippen LogP contribution in [0.1, 0.15) is 45.6 Å². The van der Waals surface area contributed by atoms with Gasteiger partial charge < -0.3 is 29.6 Å². The Bertz CT molecular complexity index is 1430. The van der Waals surface area contributed by atoms with Gasteiger partial charge in [0.15, 0.2) is 5.78 Å². The summed E-state index contributed by atoms with van der Waals surface area (Å²) in [5, 5.41) is 13.3. The van der Waals surface area contributed by atoms with Gasteiger partial charge in [-0.25, -0.2) is 4.79 Å². The van der Waals surface area contributed by atoms with Gasteiger partial charge in [-0.3, -0.25) is 4.79 Å². The van der Waals surface area contributed by atoms with E-state index in [4.69, 9.17) is 19.3 Å². The number of nitrogens with one attached hydrogen (secondary N) is 2. The maximum atomic E-state index is 13.9. The summed E-state index contributed by atoms with van der Waals surface area (Å²) in [6.45, 7) is 2.16. The number of ketones is 1. The lowest BCUT2D eigenvalue weighted by Gasteiger charge is -2.37. The summed E-state index contributed by atoms with van der Waals surface area (Å²) in [7, 11) is 1.64. The number of aliphatic hydroxyl groups excluding tert-OH is 1. The molecule has 0 saturated carbocycles. The Morgan fingerprint density at radius 1 is 1.05 bits per heavy atom. The minimum atomic E-state index is -0.567. The van der Waals surface area contributed by atoms with Crippen molar-refractivity contribution in [1.29, 1.82) is 0 Å². The number of para-hydroxylation sites is 1. The Labute approximate surface area is 224 Å². The first-order valence-corrected chi connectivity index (χ1v) is 12.8. The number of hydrogen-bond acceptors (Lipinski definition) is 7. The number of allylic oxidation sites excluding steroid dienone is 3. The summed E-state index contributed by atoms with van der Waals surface area (Å²) in [6, 6.07) is 15.7. The van der Waals surface area contributed by atoms with Crippen molar-refractivity contribution in [2.45, 2.75) is 31.6 Å². The summed E-state index contributed by atoms with van der Waals surface area (Å²) >= 11 is 0. The van der Waals surface area contributed by atoms with Crippen molar-refractivity contribution in [3.8, 4) is 5.75 Å². The first-order chi connectivity index (χ1) is 18.5. The van der Waals surface area contributed by atoms with E-state index in [9.17, 15) is 9.59 Å². The van der Waals surface area contributed by atoms with Gasteiger partial charge in [0.25, 0.3) is 0 Å². The van der Waals surface area contributed by atoms with Gasteiger partial charge in [0, 0.05) is 55.2 Å². The molecule has 8 nitrogen and oxygen atoms in total. The number of benzene rings is 2. The second kappa shape index (κ2) is 11.2. The van der Waals surface area contributed by atoms with Crippen molar-refractivity contribution < 1.29 is 31.8 Å². The quantitative estimate of drug-likeness (QED) is 0.280. The highest BCUT2D eigenvalue weighted by atomic mass is 16.6. The summed E-state index contributed by atoms with van der Waals surface area (Å²) in [6.07, 6.45) is 2.80. The van der Waals surface area contributed by atoms with E-state index in [0.717, 1.165) is 33.5 Å². The minimum absolute atomic E-state index is 0. The van der Waals surface area contributed by atoms with Gasteiger partial charge in [-0.1, -0.05) is 30.3 Å². The number of hydrogen-bond donors (Lipinski definition) is 3. The molecule has 38 heavy (non-hydrogen) atoms. The van der Waals surface area contributed by atoms with Gasteiger partial charge in [0.05, 0.1) is 32.5 Å². The monoisotopic (exact) mass is 520 g/mol. The van der Waals surface area contributed by atoms with Crippen LogP contribution in [0.3, 0.4) is 0 Å². The number of dihydropyridines is 1. The molecule has 0 bridgehead atoms. The Hall–Kier alpha value is -3.88. The summed E-state index contributed by atoms with van der Waals surface area (Å²) < 4.78 is 16.4. The van der Waals surface area contributed by atoms with Gasteiger partial charge in [-0.2, -0.15) is 0 Å². The molecule has 0 spiro atoms. The van der Waals surface area contributed by atoms with Crippen molar-refractivity contribution in [1.82, 2.24) is 10.3 Å². The third-order valence-electron chi connectivity index (χ3n) is 7.26. The van der Waals surface area contributed by atoms with Gasteiger partial charge >= 0.3 is 5.97 Å². The number of ether oxygens (including phenoxy) is 3. The van der Waals surface area contributed by atoms with E-state index in [1.54, 1.807) is 7.11 Å². The fourth-order valence-electron chi connectivity index (χ4n) is 5.64. The number of aromatic amines is 1. The number of carbonyl (C=O) groups excluding carboxylic acids is 2. The SMILES string of the molecule is COc1ccccc1[C@H]1CC(=O)C2=C(C1)NC(C)=C(C(=O)OCCOCCO)C2c1cccc2[nH]ccc12.[HH].[HH]. The Balaban J connectivity index is 0.00000220. The number of esters is 1. The maximum absolute atomic E-state index is 13.9. The molecule has 3 aromatic rings. The van der Waals surface area contributed by atoms with Gasteiger partial charge in [0.2, 0.25) is 0 Å². The molecule has 2 heterocycles. The molecule has 0 radical (unpaired) electrons. The fraction of sp³-hybridized carbons (Fsp3) is 0.333. The smallest absolute Gasteiger partial charge is 0.336 e. The molecule has 2 aromatic carbocycles. The lowest BCUT2D eigenvalue weighted by atomic mass is 9.71. The molecule has 1 aliphatic carbocycles. The van der Waals surface area contributed by atoms with Crippen molar-refractivity contribution in [3.63, 3.8) is 0 Å². The highest BCUT2D eigenvalue weighted by Gasteiger charge is 2.42. The van der Waals surface area contributed by atoms with E-state index in [1.165, 1.54) is 0 Å². The van der Waals surface area contributed by atoms with Crippen LogP contribution in [0.5, 0.6) is 5.75 Å². The molecule has 8 heteroatoms. The number of methoxy groups -OCH3 is 1. The van der Waals surface area contributed by atoms with E-state index < -0.39 is 11.9 Å². The molecule has 1 unspecified atom stereocenters.